The summed E-state index contributed by atoms with van der Waals surface area (Å²) in [4.78, 5) is 23.2. The highest BCUT2D eigenvalue weighted by molar-refractivity contribution is 5.84. The van der Waals surface area contributed by atoms with Gasteiger partial charge >= 0.3 is 11.9 Å². The van der Waals surface area contributed by atoms with Crippen LogP contribution in [0.25, 0.3) is 0 Å². The van der Waals surface area contributed by atoms with Crippen LogP contribution < -0.4 is 0 Å². The molecule has 4 rings (SSSR count). The minimum Gasteiger partial charge on any atom is -0.469 e. The molecule has 0 aromatic heterocycles. The number of benzene rings is 1. The molecule has 4 heteroatoms. The van der Waals surface area contributed by atoms with Crippen LogP contribution in [-0.2, 0) is 25.7 Å². The highest BCUT2D eigenvalue weighted by atomic mass is 16.5. The highest BCUT2D eigenvalue weighted by Crippen LogP contribution is 2.74. The van der Waals surface area contributed by atoms with Crippen LogP contribution >= 0.6 is 0 Å². The van der Waals surface area contributed by atoms with Gasteiger partial charge in [0.2, 0.25) is 0 Å². The first-order chi connectivity index (χ1) is 10.1. The van der Waals surface area contributed by atoms with Gasteiger partial charge in [-0.1, -0.05) is 36.4 Å². The molecule has 0 spiro atoms. The predicted molar refractivity (Wildman–Crippen MR) is 76.1 cm³/mol. The number of methoxy groups -OCH3 is 1. The van der Waals surface area contributed by atoms with Gasteiger partial charge in [-0.2, -0.15) is 0 Å². The fraction of sp³-hybridized carbons (Fsp3) is 0.412. The molecule has 2 bridgehead atoms. The molecule has 0 saturated heterocycles. The van der Waals surface area contributed by atoms with E-state index < -0.39 is 0 Å². The second kappa shape index (κ2) is 5.02. The fourth-order valence-corrected chi connectivity index (χ4v) is 3.50. The van der Waals surface area contributed by atoms with E-state index in [2.05, 4.69) is 0 Å². The van der Waals surface area contributed by atoms with Crippen molar-refractivity contribution >= 4 is 11.9 Å². The van der Waals surface area contributed by atoms with Gasteiger partial charge in [0.1, 0.15) is 6.61 Å². The van der Waals surface area contributed by atoms with Crippen molar-refractivity contribution in [3.05, 3.63) is 48.0 Å². The van der Waals surface area contributed by atoms with Crippen LogP contribution in [0.4, 0.5) is 0 Å². The molecule has 21 heavy (non-hydrogen) atoms. The summed E-state index contributed by atoms with van der Waals surface area (Å²) in [5.74, 6) is -0.458. The van der Waals surface area contributed by atoms with Gasteiger partial charge in [0.25, 0.3) is 0 Å². The SMILES string of the molecule is COC(=O)C12CC(/C=C/C(=O)OCc3ccccc3)(C1)C2. The Bertz CT molecular complexity index is 568. The summed E-state index contributed by atoms with van der Waals surface area (Å²) in [7, 11) is 1.42. The molecule has 1 aromatic rings. The quantitative estimate of drug-likeness (QED) is 0.617. The van der Waals surface area contributed by atoms with E-state index >= 15 is 0 Å². The minimum absolute atomic E-state index is 0.0138. The lowest BCUT2D eigenvalue weighted by Gasteiger charge is -2.67. The molecule has 0 radical (unpaired) electrons. The van der Waals surface area contributed by atoms with Crippen LogP contribution in [-0.4, -0.2) is 19.0 Å². The summed E-state index contributed by atoms with van der Waals surface area (Å²) >= 11 is 0. The van der Waals surface area contributed by atoms with Gasteiger partial charge in [0.15, 0.2) is 0 Å². The summed E-state index contributed by atoms with van der Waals surface area (Å²) in [6.07, 6.45) is 5.74. The van der Waals surface area contributed by atoms with Gasteiger partial charge in [0.05, 0.1) is 12.5 Å². The largest absolute Gasteiger partial charge is 0.469 e. The number of carbonyl (C=O) groups is 2. The zero-order valence-corrected chi connectivity index (χ0v) is 12.0. The Balaban J connectivity index is 1.46. The van der Waals surface area contributed by atoms with Crippen molar-refractivity contribution in [3.8, 4) is 0 Å². The maximum Gasteiger partial charge on any atom is 0.330 e. The lowest BCUT2D eigenvalue weighted by Crippen LogP contribution is -2.64. The smallest absolute Gasteiger partial charge is 0.330 e. The van der Waals surface area contributed by atoms with E-state index in [0.29, 0.717) is 0 Å². The first-order valence-electron chi connectivity index (χ1n) is 7.06. The number of ether oxygens (including phenoxy) is 2. The second-order valence-corrected chi connectivity index (χ2v) is 6.09. The third-order valence-corrected chi connectivity index (χ3v) is 4.49. The molecule has 3 aliphatic carbocycles. The molecule has 0 amide bonds. The number of carbonyl (C=O) groups excluding carboxylic acids is 2. The average Bonchev–Trinajstić information content (AvgIpc) is 2.43. The van der Waals surface area contributed by atoms with Crippen LogP contribution in [0, 0.1) is 10.8 Å². The molecule has 0 heterocycles. The van der Waals surface area contributed by atoms with Crippen molar-refractivity contribution in [1.82, 2.24) is 0 Å². The van der Waals surface area contributed by atoms with Crippen LogP contribution in [0.5, 0.6) is 0 Å². The molecule has 0 atom stereocenters. The molecule has 1 aromatic carbocycles. The molecular weight excluding hydrogens is 268 g/mol. The molecule has 3 aliphatic rings. The van der Waals surface area contributed by atoms with Crippen LogP contribution in [0.15, 0.2) is 42.5 Å². The van der Waals surface area contributed by atoms with E-state index in [1.807, 2.05) is 36.4 Å². The van der Waals surface area contributed by atoms with Crippen molar-refractivity contribution in [3.63, 3.8) is 0 Å². The van der Waals surface area contributed by atoms with Crippen LogP contribution in [0.2, 0.25) is 0 Å². The molecule has 110 valence electrons. The second-order valence-electron chi connectivity index (χ2n) is 6.09. The zero-order valence-electron chi connectivity index (χ0n) is 12.0. The maximum atomic E-state index is 11.7. The van der Waals surface area contributed by atoms with Gasteiger partial charge < -0.3 is 9.47 Å². The number of hydrogen-bond acceptors (Lipinski definition) is 4. The van der Waals surface area contributed by atoms with E-state index in [1.54, 1.807) is 0 Å². The Kier molecular flexibility index (Phi) is 3.32. The normalized spacial score (nSPS) is 29.4. The summed E-state index contributed by atoms with van der Waals surface area (Å²) in [5, 5.41) is 0. The van der Waals surface area contributed by atoms with Crippen molar-refractivity contribution in [2.45, 2.75) is 25.9 Å². The highest BCUT2D eigenvalue weighted by Gasteiger charge is 2.71. The molecule has 3 fully saturated rings. The lowest BCUT2D eigenvalue weighted by molar-refractivity contribution is -0.208. The molecule has 0 unspecified atom stereocenters. The molecule has 0 aliphatic heterocycles. The number of hydrogen-bond donors (Lipinski definition) is 0. The van der Waals surface area contributed by atoms with Gasteiger partial charge in [0, 0.05) is 6.08 Å². The van der Waals surface area contributed by atoms with Crippen LogP contribution in [0.1, 0.15) is 24.8 Å². The lowest BCUT2D eigenvalue weighted by atomic mass is 9.35. The average molecular weight is 286 g/mol. The third-order valence-electron chi connectivity index (χ3n) is 4.49. The zero-order chi connectivity index (χ0) is 14.9. The van der Waals surface area contributed by atoms with Gasteiger partial charge in [-0.15, -0.1) is 0 Å². The van der Waals surface area contributed by atoms with E-state index in [4.69, 9.17) is 9.47 Å². The molecule has 0 N–H and O–H groups in total. The van der Waals surface area contributed by atoms with Crippen molar-refractivity contribution in [1.29, 1.82) is 0 Å². The van der Waals surface area contributed by atoms with E-state index in [-0.39, 0.29) is 29.4 Å². The Morgan fingerprint density at radius 2 is 1.86 bits per heavy atom. The van der Waals surface area contributed by atoms with E-state index in [0.717, 1.165) is 24.8 Å². The Labute approximate surface area is 123 Å². The van der Waals surface area contributed by atoms with E-state index in [9.17, 15) is 9.59 Å². The molecular formula is C17H18O4. The molecule has 4 nitrogen and oxygen atoms in total. The first kappa shape index (κ1) is 13.9. The van der Waals surface area contributed by atoms with Crippen molar-refractivity contribution in [2.75, 3.05) is 7.11 Å². The van der Waals surface area contributed by atoms with E-state index in [1.165, 1.54) is 13.2 Å². The van der Waals surface area contributed by atoms with Crippen LogP contribution in [0.3, 0.4) is 0 Å². The standard InChI is InChI=1S/C17H18O4/c1-20-15(19)17-10-16(11-17,12-17)8-7-14(18)21-9-13-5-3-2-4-6-13/h2-8H,9-12H2,1H3/b8-7+. The fourth-order valence-electron chi connectivity index (χ4n) is 3.50. The molecule has 3 saturated carbocycles. The van der Waals surface area contributed by atoms with Crippen molar-refractivity contribution in [2.24, 2.45) is 10.8 Å². The topological polar surface area (TPSA) is 52.6 Å². The monoisotopic (exact) mass is 286 g/mol. The van der Waals surface area contributed by atoms with Gasteiger partial charge in [-0.25, -0.2) is 4.79 Å². The summed E-state index contributed by atoms with van der Waals surface area (Å²) in [6.45, 7) is 0.281. The Hall–Kier alpha value is -2.10. The minimum atomic E-state index is -0.337. The number of allylic oxidation sites excluding steroid dienone is 1. The third kappa shape index (κ3) is 2.46. The van der Waals surface area contributed by atoms with Crippen molar-refractivity contribution < 1.29 is 19.1 Å². The number of esters is 2. The van der Waals surface area contributed by atoms with Gasteiger partial charge in [-0.3, -0.25) is 4.79 Å². The van der Waals surface area contributed by atoms with Gasteiger partial charge in [-0.05, 0) is 30.2 Å². The Morgan fingerprint density at radius 1 is 1.19 bits per heavy atom. The predicted octanol–water partition coefficient (Wildman–Crippen LogP) is 2.63. The Morgan fingerprint density at radius 3 is 2.48 bits per heavy atom. The maximum absolute atomic E-state index is 11.7. The summed E-state index contributed by atoms with van der Waals surface area (Å²) < 4.78 is 9.98. The summed E-state index contributed by atoms with van der Waals surface area (Å²) in [5.41, 5.74) is 0.710. The first-order valence-corrected chi connectivity index (χ1v) is 7.06. The number of rotatable bonds is 5. The summed E-state index contributed by atoms with van der Waals surface area (Å²) in [6, 6.07) is 9.57.